The molecule has 21 heavy (non-hydrogen) atoms. The Morgan fingerprint density at radius 2 is 2.19 bits per heavy atom. The van der Waals surface area contributed by atoms with Gasteiger partial charge in [-0.2, -0.15) is 8.78 Å². The Labute approximate surface area is 131 Å². The van der Waals surface area contributed by atoms with E-state index in [2.05, 4.69) is 32.9 Å². The van der Waals surface area contributed by atoms with Gasteiger partial charge in [0.05, 0.1) is 0 Å². The minimum Gasteiger partial charge on any atom is -0.434 e. The van der Waals surface area contributed by atoms with E-state index in [1.807, 2.05) is 0 Å². The molecule has 3 nitrogen and oxygen atoms in total. The topological polar surface area (TPSA) is 38.3 Å². The molecule has 116 valence electrons. The Morgan fingerprint density at radius 1 is 1.48 bits per heavy atom. The molecular formula is C15H18BrF2NO2. The van der Waals surface area contributed by atoms with Crippen LogP contribution in [0.2, 0.25) is 0 Å². The van der Waals surface area contributed by atoms with E-state index in [1.54, 1.807) is 12.1 Å². The first kappa shape index (κ1) is 16.2. The van der Waals surface area contributed by atoms with Crippen LogP contribution >= 0.6 is 15.9 Å². The van der Waals surface area contributed by atoms with Crippen molar-refractivity contribution in [3.05, 3.63) is 28.2 Å². The van der Waals surface area contributed by atoms with Gasteiger partial charge in [0.1, 0.15) is 5.75 Å². The lowest BCUT2D eigenvalue weighted by atomic mass is 10.0. The summed E-state index contributed by atoms with van der Waals surface area (Å²) in [5.74, 6) is 1.07. The zero-order chi connectivity index (χ0) is 15.4. The summed E-state index contributed by atoms with van der Waals surface area (Å²) in [6.07, 6.45) is 2.88. The number of ether oxygens (including phenoxy) is 1. The van der Waals surface area contributed by atoms with Gasteiger partial charge in [-0.15, -0.1) is 0 Å². The molecule has 0 saturated heterocycles. The number of carbonyl (C=O) groups is 1. The summed E-state index contributed by atoms with van der Waals surface area (Å²) in [5, 5.41) is 2.77. The number of rotatable bonds is 7. The van der Waals surface area contributed by atoms with Crippen molar-refractivity contribution in [3.8, 4) is 5.75 Å². The van der Waals surface area contributed by atoms with Gasteiger partial charge in [0.2, 0.25) is 5.91 Å². The molecule has 1 aliphatic carbocycles. The summed E-state index contributed by atoms with van der Waals surface area (Å²) in [6, 6.07) is 4.76. The normalized spacial score (nSPS) is 15.9. The largest absolute Gasteiger partial charge is 0.434 e. The summed E-state index contributed by atoms with van der Waals surface area (Å²) in [6.45, 7) is -0.630. The summed E-state index contributed by atoms with van der Waals surface area (Å²) in [4.78, 5) is 11.9. The lowest BCUT2D eigenvalue weighted by Crippen LogP contribution is -2.25. The van der Waals surface area contributed by atoms with Crippen LogP contribution in [0, 0.1) is 11.8 Å². The van der Waals surface area contributed by atoms with Crippen LogP contribution in [-0.4, -0.2) is 12.5 Å². The molecule has 1 aromatic rings. The summed E-state index contributed by atoms with van der Waals surface area (Å²) >= 11 is 3.28. The summed E-state index contributed by atoms with van der Waals surface area (Å²) in [7, 11) is 0. The van der Waals surface area contributed by atoms with Gasteiger partial charge in [0, 0.05) is 23.0 Å². The Kier molecular flexibility index (Phi) is 5.56. The molecule has 1 aromatic carbocycles. The third-order valence-corrected chi connectivity index (χ3v) is 4.14. The predicted molar refractivity (Wildman–Crippen MR) is 79.1 cm³/mol. The zero-order valence-electron chi connectivity index (χ0n) is 11.7. The zero-order valence-corrected chi connectivity index (χ0v) is 13.3. The van der Waals surface area contributed by atoms with Crippen molar-refractivity contribution in [2.75, 3.05) is 0 Å². The fraction of sp³-hybridized carbons (Fsp3) is 0.533. The number of halogens is 3. The van der Waals surface area contributed by atoms with Crippen molar-refractivity contribution in [2.24, 2.45) is 11.8 Å². The van der Waals surface area contributed by atoms with E-state index in [1.165, 1.54) is 18.9 Å². The van der Waals surface area contributed by atoms with Gasteiger partial charge in [-0.1, -0.05) is 22.9 Å². The van der Waals surface area contributed by atoms with Crippen LogP contribution < -0.4 is 10.1 Å². The number of carbonyl (C=O) groups excluding carboxylic acids is 1. The number of nitrogens with one attached hydrogen (secondary N) is 1. The molecule has 0 aromatic heterocycles. The van der Waals surface area contributed by atoms with Gasteiger partial charge in [0.25, 0.3) is 0 Å². The van der Waals surface area contributed by atoms with E-state index >= 15 is 0 Å². The molecule has 2 rings (SSSR count). The van der Waals surface area contributed by atoms with Crippen LogP contribution in [0.1, 0.15) is 31.7 Å². The minimum atomic E-state index is -2.88. The van der Waals surface area contributed by atoms with E-state index in [0.717, 1.165) is 4.47 Å². The van der Waals surface area contributed by atoms with Crippen LogP contribution in [0.5, 0.6) is 5.75 Å². The van der Waals surface area contributed by atoms with Gasteiger partial charge in [-0.25, -0.2) is 0 Å². The van der Waals surface area contributed by atoms with Gasteiger partial charge >= 0.3 is 6.61 Å². The minimum absolute atomic E-state index is 0.0580. The molecular weight excluding hydrogens is 344 g/mol. The maximum absolute atomic E-state index is 12.3. The molecule has 0 spiro atoms. The Hall–Kier alpha value is -1.17. The van der Waals surface area contributed by atoms with Crippen LogP contribution in [-0.2, 0) is 11.3 Å². The molecule has 0 radical (unpaired) electrons. The molecule has 6 heteroatoms. The quantitative estimate of drug-likeness (QED) is 0.793. The van der Waals surface area contributed by atoms with Crippen molar-refractivity contribution in [2.45, 2.75) is 39.3 Å². The maximum Gasteiger partial charge on any atom is 0.387 e. The Morgan fingerprint density at radius 3 is 2.81 bits per heavy atom. The van der Waals surface area contributed by atoms with E-state index in [0.29, 0.717) is 23.8 Å². The molecule has 1 saturated carbocycles. The standard InChI is InChI=1S/C15H18BrF2NO2/c1-9(10-2-3-10)6-14(20)19-8-11-7-12(16)4-5-13(11)21-15(17)18/h4-5,7,9-10,15H,2-3,6,8H2,1H3,(H,19,20). The SMILES string of the molecule is CC(CC(=O)NCc1cc(Br)ccc1OC(F)F)C1CC1. The average Bonchev–Trinajstić information content (AvgIpc) is 3.22. The highest BCUT2D eigenvalue weighted by molar-refractivity contribution is 9.10. The van der Waals surface area contributed by atoms with Gasteiger partial charge in [-0.05, 0) is 42.9 Å². The van der Waals surface area contributed by atoms with Crippen molar-refractivity contribution >= 4 is 21.8 Å². The van der Waals surface area contributed by atoms with Crippen LogP contribution in [0.15, 0.2) is 22.7 Å². The van der Waals surface area contributed by atoms with E-state index in [4.69, 9.17) is 0 Å². The van der Waals surface area contributed by atoms with Crippen molar-refractivity contribution in [1.82, 2.24) is 5.32 Å². The molecule has 1 atom stereocenters. The maximum atomic E-state index is 12.3. The molecule has 1 N–H and O–H groups in total. The fourth-order valence-corrected chi connectivity index (χ4v) is 2.70. The average molecular weight is 362 g/mol. The predicted octanol–water partition coefficient (Wildman–Crippen LogP) is 4.10. The lowest BCUT2D eigenvalue weighted by molar-refractivity contribution is -0.122. The van der Waals surface area contributed by atoms with E-state index in [9.17, 15) is 13.6 Å². The smallest absolute Gasteiger partial charge is 0.387 e. The number of hydrogen-bond acceptors (Lipinski definition) is 2. The number of hydrogen-bond donors (Lipinski definition) is 1. The monoisotopic (exact) mass is 361 g/mol. The van der Waals surface area contributed by atoms with Gasteiger partial charge in [-0.3, -0.25) is 4.79 Å². The van der Waals surface area contributed by atoms with Gasteiger partial charge < -0.3 is 10.1 Å². The fourth-order valence-electron chi connectivity index (χ4n) is 2.29. The molecule has 0 bridgehead atoms. The summed E-state index contributed by atoms with van der Waals surface area (Å²) in [5.41, 5.74) is 0.525. The first-order chi connectivity index (χ1) is 9.95. The second-order valence-electron chi connectivity index (χ2n) is 5.43. The number of amides is 1. The van der Waals surface area contributed by atoms with E-state index in [-0.39, 0.29) is 18.2 Å². The molecule has 0 aliphatic heterocycles. The third kappa shape index (κ3) is 5.26. The molecule has 1 aliphatic rings. The lowest BCUT2D eigenvalue weighted by Gasteiger charge is -2.13. The molecule has 1 amide bonds. The van der Waals surface area contributed by atoms with Crippen LogP contribution in [0.4, 0.5) is 8.78 Å². The molecule has 0 heterocycles. The van der Waals surface area contributed by atoms with Crippen molar-refractivity contribution in [3.63, 3.8) is 0 Å². The van der Waals surface area contributed by atoms with Crippen LogP contribution in [0.3, 0.4) is 0 Å². The number of alkyl halides is 2. The highest BCUT2D eigenvalue weighted by Gasteiger charge is 2.29. The highest BCUT2D eigenvalue weighted by atomic mass is 79.9. The highest BCUT2D eigenvalue weighted by Crippen LogP contribution is 2.38. The second-order valence-corrected chi connectivity index (χ2v) is 6.34. The third-order valence-electron chi connectivity index (χ3n) is 3.65. The molecule has 1 fully saturated rings. The Balaban J connectivity index is 1.91. The van der Waals surface area contributed by atoms with E-state index < -0.39 is 6.61 Å². The first-order valence-electron chi connectivity index (χ1n) is 6.95. The summed E-state index contributed by atoms with van der Waals surface area (Å²) < 4.78 is 29.9. The molecule has 1 unspecified atom stereocenters. The first-order valence-corrected chi connectivity index (χ1v) is 7.75. The Bertz CT molecular complexity index is 506. The second kappa shape index (κ2) is 7.20. The number of benzene rings is 1. The van der Waals surface area contributed by atoms with Gasteiger partial charge in [0.15, 0.2) is 0 Å². The van der Waals surface area contributed by atoms with Crippen molar-refractivity contribution in [1.29, 1.82) is 0 Å². The van der Waals surface area contributed by atoms with Crippen LogP contribution in [0.25, 0.3) is 0 Å². The van der Waals surface area contributed by atoms with Crippen molar-refractivity contribution < 1.29 is 18.3 Å².